The molecular weight excluding hydrogens is 346 g/mol. The topological polar surface area (TPSA) is 69.0 Å². The maximum absolute atomic E-state index is 12.7. The van der Waals surface area contributed by atoms with Crippen LogP contribution in [0.1, 0.15) is 57.7 Å². The third-order valence-electron chi connectivity index (χ3n) is 4.40. The molecular formula is C21H29NO5. The van der Waals surface area contributed by atoms with Crippen molar-refractivity contribution in [2.45, 2.75) is 66.7 Å². The van der Waals surface area contributed by atoms with Gasteiger partial charge in [0, 0.05) is 23.0 Å². The molecule has 0 spiro atoms. The van der Waals surface area contributed by atoms with E-state index in [1.165, 1.54) is 0 Å². The van der Waals surface area contributed by atoms with Gasteiger partial charge in [0.25, 0.3) is 5.91 Å². The van der Waals surface area contributed by atoms with Crippen LogP contribution in [0.2, 0.25) is 0 Å². The molecule has 0 aliphatic rings. The van der Waals surface area contributed by atoms with Crippen molar-refractivity contribution in [1.29, 1.82) is 0 Å². The van der Waals surface area contributed by atoms with Crippen LogP contribution in [-0.4, -0.2) is 41.6 Å². The van der Waals surface area contributed by atoms with Gasteiger partial charge in [0.15, 0.2) is 6.10 Å². The van der Waals surface area contributed by atoms with Crippen LogP contribution < -0.4 is 4.74 Å². The molecule has 27 heavy (non-hydrogen) atoms. The van der Waals surface area contributed by atoms with Crippen molar-refractivity contribution in [1.82, 2.24) is 4.90 Å². The summed E-state index contributed by atoms with van der Waals surface area (Å²) in [6.45, 7) is 13.6. The van der Waals surface area contributed by atoms with Crippen molar-refractivity contribution in [3.63, 3.8) is 0 Å². The molecule has 1 heterocycles. The lowest BCUT2D eigenvalue weighted by molar-refractivity contribution is -0.143. The SMILES string of the molecule is CCOc1ccc2oc(C(=O)O[C@@H](C)C(=O)N(C(C)C)C(C)C)c(C)c2c1. The number of benzene rings is 1. The number of fused-ring (bicyclic) bond motifs is 1. The largest absolute Gasteiger partial charge is 0.494 e. The van der Waals surface area contributed by atoms with E-state index in [0.29, 0.717) is 23.5 Å². The second-order valence-electron chi connectivity index (χ2n) is 7.13. The van der Waals surface area contributed by atoms with E-state index in [1.54, 1.807) is 30.9 Å². The van der Waals surface area contributed by atoms with Gasteiger partial charge in [0.1, 0.15) is 11.3 Å². The highest BCUT2D eigenvalue weighted by Gasteiger charge is 2.29. The zero-order valence-corrected chi connectivity index (χ0v) is 17.2. The summed E-state index contributed by atoms with van der Waals surface area (Å²) >= 11 is 0. The smallest absolute Gasteiger partial charge is 0.375 e. The van der Waals surface area contributed by atoms with E-state index in [2.05, 4.69) is 0 Å². The normalized spacial score (nSPS) is 12.5. The second kappa shape index (κ2) is 8.46. The molecule has 6 heteroatoms. The van der Waals surface area contributed by atoms with Crippen LogP contribution in [0.5, 0.6) is 5.75 Å². The number of hydrogen-bond donors (Lipinski definition) is 0. The van der Waals surface area contributed by atoms with Crippen molar-refractivity contribution in [3.05, 3.63) is 29.5 Å². The van der Waals surface area contributed by atoms with Crippen LogP contribution in [0.3, 0.4) is 0 Å². The summed E-state index contributed by atoms with van der Waals surface area (Å²) in [6, 6.07) is 5.42. The molecule has 0 N–H and O–H groups in total. The maximum atomic E-state index is 12.7. The van der Waals surface area contributed by atoms with Gasteiger partial charge in [-0.2, -0.15) is 0 Å². The van der Waals surface area contributed by atoms with Crippen molar-refractivity contribution >= 4 is 22.8 Å². The fourth-order valence-corrected chi connectivity index (χ4v) is 3.23. The molecule has 148 valence electrons. The molecule has 0 aliphatic carbocycles. The monoisotopic (exact) mass is 375 g/mol. The molecule has 6 nitrogen and oxygen atoms in total. The van der Waals surface area contributed by atoms with Gasteiger partial charge in [-0.3, -0.25) is 4.79 Å². The van der Waals surface area contributed by atoms with Crippen molar-refractivity contribution in [2.24, 2.45) is 0 Å². The predicted octanol–water partition coefficient (Wildman–Crippen LogP) is 4.33. The van der Waals surface area contributed by atoms with E-state index in [4.69, 9.17) is 13.9 Å². The van der Waals surface area contributed by atoms with Crippen LogP contribution in [-0.2, 0) is 9.53 Å². The van der Waals surface area contributed by atoms with E-state index in [0.717, 1.165) is 5.39 Å². The van der Waals surface area contributed by atoms with E-state index >= 15 is 0 Å². The predicted molar refractivity (Wildman–Crippen MR) is 104 cm³/mol. The number of nitrogens with zero attached hydrogens (tertiary/aromatic N) is 1. The average Bonchev–Trinajstić information content (AvgIpc) is 2.91. The summed E-state index contributed by atoms with van der Waals surface area (Å²) in [5, 5.41) is 0.790. The molecule has 0 aliphatic heterocycles. The van der Waals surface area contributed by atoms with Gasteiger partial charge in [0.2, 0.25) is 5.76 Å². The number of hydrogen-bond acceptors (Lipinski definition) is 5. The Balaban J connectivity index is 2.22. The number of amides is 1. The fraction of sp³-hybridized carbons (Fsp3) is 0.524. The number of ether oxygens (including phenoxy) is 2. The lowest BCUT2D eigenvalue weighted by Gasteiger charge is -2.32. The van der Waals surface area contributed by atoms with Crippen LogP contribution in [0.15, 0.2) is 22.6 Å². The van der Waals surface area contributed by atoms with Crippen LogP contribution >= 0.6 is 0 Å². The van der Waals surface area contributed by atoms with E-state index in [9.17, 15) is 9.59 Å². The summed E-state index contributed by atoms with van der Waals surface area (Å²) in [6.07, 6.45) is -0.895. The van der Waals surface area contributed by atoms with Crippen molar-refractivity contribution in [2.75, 3.05) is 6.61 Å². The number of furan rings is 1. The Morgan fingerprint density at radius 2 is 1.74 bits per heavy atom. The molecule has 0 radical (unpaired) electrons. The van der Waals surface area contributed by atoms with E-state index < -0.39 is 12.1 Å². The molecule has 0 bridgehead atoms. The second-order valence-corrected chi connectivity index (χ2v) is 7.13. The number of carbonyl (C=O) groups is 2. The first-order chi connectivity index (χ1) is 12.7. The first-order valence-electron chi connectivity index (χ1n) is 9.36. The molecule has 2 aromatic rings. The number of esters is 1. The highest BCUT2D eigenvalue weighted by molar-refractivity contribution is 5.97. The van der Waals surface area contributed by atoms with Crippen LogP contribution in [0.25, 0.3) is 11.0 Å². The molecule has 1 atom stereocenters. The maximum Gasteiger partial charge on any atom is 0.375 e. The molecule has 0 saturated carbocycles. The summed E-state index contributed by atoms with van der Waals surface area (Å²) in [7, 11) is 0. The van der Waals surface area contributed by atoms with Gasteiger partial charge >= 0.3 is 5.97 Å². The minimum absolute atomic E-state index is 0.0172. The lowest BCUT2D eigenvalue weighted by atomic mass is 10.1. The summed E-state index contributed by atoms with van der Waals surface area (Å²) in [4.78, 5) is 27.0. The molecule has 0 saturated heterocycles. The quantitative estimate of drug-likeness (QED) is 0.674. The molecule has 0 fully saturated rings. The zero-order chi connectivity index (χ0) is 20.3. The van der Waals surface area contributed by atoms with Gasteiger partial charge in [-0.1, -0.05) is 0 Å². The Morgan fingerprint density at radius 1 is 1.11 bits per heavy atom. The summed E-state index contributed by atoms with van der Waals surface area (Å²) in [5.41, 5.74) is 1.24. The number of carbonyl (C=O) groups excluding carboxylic acids is 2. The highest BCUT2D eigenvalue weighted by Crippen LogP contribution is 2.29. The molecule has 0 unspecified atom stereocenters. The Labute approximate surface area is 160 Å². The molecule has 1 aromatic carbocycles. The van der Waals surface area contributed by atoms with E-state index in [-0.39, 0.29) is 23.8 Å². The fourth-order valence-electron chi connectivity index (χ4n) is 3.23. The molecule has 2 rings (SSSR count). The van der Waals surface area contributed by atoms with Gasteiger partial charge in [-0.25, -0.2) is 4.79 Å². The van der Waals surface area contributed by atoms with Crippen molar-refractivity contribution in [3.8, 4) is 5.75 Å². The molecule has 1 amide bonds. The van der Waals surface area contributed by atoms with Gasteiger partial charge in [-0.05, 0) is 66.7 Å². The molecule has 1 aromatic heterocycles. The van der Waals surface area contributed by atoms with Crippen LogP contribution in [0.4, 0.5) is 0 Å². The Morgan fingerprint density at radius 3 is 2.30 bits per heavy atom. The Bertz CT molecular complexity index is 813. The highest BCUT2D eigenvalue weighted by atomic mass is 16.6. The summed E-state index contributed by atoms with van der Waals surface area (Å²) in [5.74, 6) is -0.0449. The first-order valence-corrected chi connectivity index (χ1v) is 9.36. The zero-order valence-electron chi connectivity index (χ0n) is 17.2. The van der Waals surface area contributed by atoms with Crippen LogP contribution in [0, 0.1) is 6.92 Å². The minimum atomic E-state index is -0.895. The van der Waals surface area contributed by atoms with Crippen molar-refractivity contribution < 1.29 is 23.5 Å². The third-order valence-corrected chi connectivity index (χ3v) is 4.40. The summed E-state index contributed by atoms with van der Waals surface area (Å²) < 4.78 is 16.6. The van der Waals surface area contributed by atoms with Gasteiger partial charge in [0.05, 0.1) is 6.61 Å². The minimum Gasteiger partial charge on any atom is -0.494 e. The third kappa shape index (κ3) is 4.43. The van der Waals surface area contributed by atoms with Gasteiger partial charge < -0.3 is 18.8 Å². The lowest BCUT2D eigenvalue weighted by Crippen LogP contribution is -2.47. The van der Waals surface area contributed by atoms with Gasteiger partial charge in [-0.15, -0.1) is 0 Å². The number of aryl methyl sites for hydroxylation is 1. The first kappa shape index (κ1) is 20.8. The average molecular weight is 375 g/mol. The van der Waals surface area contributed by atoms with E-state index in [1.807, 2.05) is 40.7 Å². The standard InChI is InChI=1S/C21H29NO5/c1-8-25-16-9-10-18-17(11-16)14(6)19(27-18)21(24)26-15(7)20(23)22(12(2)3)13(4)5/h9-13,15H,8H2,1-7H3/t15-/m0/s1. The Kier molecular flexibility index (Phi) is 6.52. The Hall–Kier alpha value is -2.50. The number of rotatable bonds is 7.